The predicted molar refractivity (Wildman–Crippen MR) is 213 cm³/mol. The lowest BCUT2D eigenvalue weighted by molar-refractivity contribution is 0.441. The molecule has 0 atom stereocenters. The monoisotopic (exact) mass is 894 g/mol. The molecule has 62 heavy (non-hydrogen) atoms. The van der Waals surface area contributed by atoms with Gasteiger partial charge in [0.15, 0.2) is 41.1 Å². The quantitative estimate of drug-likeness (QED) is 0.0655. The van der Waals surface area contributed by atoms with Crippen molar-refractivity contribution in [2.24, 2.45) is 4.99 Å². The van der Waals surface area contributed by atoms with Crippen molar-refractivity contribution in [2.45, 2.75) is 40.8 Å². The third kappa shape index (κ3) is 9.25. The number of halogens is 8. The Morgan fingerprint density at radius 2 is 1.18 bits per heavy atom. The van der Waals surface area contributed by atoms with Crippen LogP contribution in [-0.2, 0) is 13.1 Å². The largest absolute Gasteiger partial charge is 0.330 e. The van der Waals surface area contributed by atoms with Crippen LogP contribution in [0.1, 0.15) is 32.3 Å². The summed E-state index contributed by atoms with van der Waals surface area (Å²) >= 11 is 2.93. The first-order chi connectivity index (χ1) is 29.5. The molecule has 0 spiro atoms. The van der Waals surface area contributed by atoms with E-state index in [1.807, 2.05) is 26.0 Å². The van der Waals surface area contributed by atoms with Crippen molar-refractivity contribution in [1.82, 2.24) is 39.5 Å². The predicted octanol–water partition coefficient (Wildman–Crippen LogP) is 8.45. The van der Waals surface area contributed by atoms with Crippen LogP contribution in [0.3, 0.4) is 0 Å². The van der Waals surface area contributed by atoms with Gasteiger partial charge in [0.25, 0.3) is 11.9 Å². The molecule has 316 valence electrons. The van der Waals surface area contributed by atoms with E-state index in [4.69, 9.17) is 5.26 Å². The highest BCUT2D eigenvalue weighted by atomic mass is 32.1. The molecular weight excluding hydrogens is 869 g/mol. The minimum Gasteiger partial charge on any atom is -0.324 e. The molecule has 2 N–H and O–H groups in total. The highest BCUT2D eigenvalue weighted by Gasteiger charge is 2.18. The molecule has 13 nitrogen and oxygen atoms in total. The number of benzene rings is 4. The molecule has 8 aromatic rings. The summed E-state index contributed by atoms with van der Waals surface area (Å²) in [4.78, 5) is 32.6. The number of fused-ring (bicyclic) bond motifs is 2. The van der Waals surface area contributed by atoms with Crippen molar-refractivity contribution in [2.75, 3.05) is 10.6 Å². The van der Waals surface area contributed by atoms with Crippen LogP contribution in [0.2, 0.25) is 0 Å². The van der Waals surface area contributed by atoms with E-state index in [1.54, 1.807) is 32.2 Å². The smallest absolute Gasteiger partial charge is 0.324 e. The van der Waals surface area contributed by atoms with E-state index in [1.165, 1.54) is 22.7 Å². The number of thiazole rings is 2. The molecule has 4 aromatic heterocycles. The highest BCUT2D eigenvalue weighted by molar-refractivity contribution is 7.18. The zero-order valence-corrected chi connectivity index (χ0v) is 33.9. The maximum atomic E-state index is 14.3. The molecule has 0 amide bonds. The normalized spacial score (nSPS) is 11.5. The van der Waals surface area contributed by atoms with Crippen molar-refractivity contribution >= 4 is 66.2 Å². The number of anilines is 3. The van der Waals surface area contributed by atoms with E-state index in [-0.39, 0.29) is 35.8 Å². The SMILES string of the molecule is Cc1nc2cc(C)c(N=c3nc(NC#N)c(F)nn3Cc3cc(F)c(F)c(F)c3)cc2s1.Cc1nc2cc(C)c(Nc3nc(=O)c(F)nn3Cc3cc(F)c(F)c(F)c3)cc2s1. The third-order valence-corrected chi connectivity index (χ3v) is 10.6. The lowest BCUT2D eigenvalue weighted by Crippen LogP contribution is -2.29. The molecule has 4 aromatic carbocycles. The van der Waals surface area contributed by atoms with Crippen molar-refractivity contribution in [1.29, 1.82) is 5.26 Å². The first-order valence-electron chi connectivity index (χ1n) is 17.7. The molecule has 0 bridgehead atoms. The molecule has 0 saturated carbocycles. The van der Waals surface area contributed by atoms with Crippen LogP contribution >= 0.6 is 22.7 Å². The Balaban J connectivity index is 0.000000187. The van der Waals surface area contributed by atoms with Crippen LogP contribution in [0.15, 0.2) is 58.3 Å². The van der Waals surface area contributed by atoms with Crippen molar-refractivity contribution in [3.8, 4) is 6.19 Å². The number of nitrogens with one attached hydrogen (secondary N) is 2. The maximum Gasteiger partial charge on any atom is 0.330 e. The summed E-state index contributed by atoms with van der Waals surface area (Å²) in [6.45, 7) is 6.63. The van der Waals surface area contributed by atoms with Gasteiger partial charge in [0.05, 0.1) is 49.2 Å². The van der Waals surface area contributed by atoms with E-state index >= 15 is 0 Å². The molecule has 23 heteroatoms. The van der Waals surface area contributed by atoms with Gasteiger partial charge in [0, 0.05) is 5.69 Å². The Morgan fingerprint density at radius 3 is 1.74 bits per heavy atom. The van der Waals surface area contributed by atoms with Crippen molar-refractivity contribution in [3.63, 3.8) is 0 Å². The summed E-state index contributed by atoms with van der Waals surface area (Å²) in [6.07, 6.45) is 1.55. The van der Waals surface area contributed by atoms with E-state index in [2.05, 4.69) is 45.8 Å². The Morgan fingerprint density at radius 1 is 0.661 bits per heavy atom. The second kappa shape index (κ2) is 17.4. The molecular formula is C39H26F8N12OS2. The first-order valence-corrected chi connectivity index (χ1v) is 19.4. The molecule has 0 fully saturated rings. The molecule has 0 aliphatic rings. The summed E-state index contributed by atoms with van der Waals surface area (Å²) in [5, 5.41) is 22.8. The van der Waals surface area contributed by atoms with E-state index < -0.39 is 58.2 Å². The summed E-state index contributed by atoms with van der Waals surface area (Å²) in [5.74, 6) is -11.9. The van der Waals surface area contributed by atoms with Crippen molar-refractivity contribution < 1.29 is 35.1 Å². The van der Waals surface area contributed by atoms with Gasteiger partial charge in [-0.25, -0.2) is 50.7 Å². The van der Waals surface area contributed by atoms with Gasteiger partial charge >= 0.3 is 5.56 Å². The van der Waals surface area contributed by atoms with E-state index in [0.717, 1.165) is 75.2 Å². The van der Waals surface area contributed by atoms with Crippen LogP contribution in [0.5, 0.6) is 0 Å². The fourth-order valence-electron chi connectivity index (χ4n) is 5.93. The zero-order chi connectivity index (χ0) is 44.6. The molecule has 0 radical (unpaired) electrons. The van der Waals surface area contributed by atoms with Crippen LogP contribution < -0.4 is 21.8 Å². The number of aromatic nitrogens is 8. The molecule has 0 unspecified atom stereocenters. The summed E-state index contributed by atoms with van der Waals surface area (Å²) in [7, 11) is 0. The average Bonchev–Trinajstić information content (AvgIpc) is 3.75. The summed E-state index contributed by atoms with van der Waals surface area (Å²) < 4.78 is 113. The second-order valence-electron chi connectivity index (χ2n) is 13.3. The fourth-order valence-corrected chi connectivity index (χ4v) is 7.62. The lowest BCUT2D eigenvalue weighted by atomic mass is 10.2. The molecule has 8 rings (SSSR count). The maximum absolute atomic E-state index is 14.3. The zero-order valence-electron chi connectivity index (χ0n) is 32.3. The number of nitriles is 1. The first kappa shape index (κ1) is 42.9. The second-order valence-corrected chi connectivity index (χ2v) is 15.8. The number of hydrogen-bond donors (Lipinski definition) is 2. The number of aryl methyl sites for hydroxylation is 4. The van der Waals surface area contributed by atoms with Crippen LogP contribution in [0.4, 0.5) is 58.3 Å². The van der Waals surface area contributed by atoms with Gasteiger partial charge < -0.3 is 5.32 Å². The van der Waals surface area contributed by atoms with Crippen molar-refractivity contribution in [3.05, 3.63) is 144 Å². The Bertz CT molecular complexity index is 3210. The Labute approximate surface area is 351 Å². The molecule has 0 saturated heterocycles. The minimum atomic E-state index is -1.61. The standard InChI is InChI=1S/C20H13F4N7S.C19H13F4N5OS/c1-9-3-15-16(32-10(2)27-15)6-14(9)28-20-29-19(26-8-25)18(24)30-31(20)7-11-4-12(21)17(23)13(22)5-11;1-8-3-14-15(30-9(2)24-14)6-13(8)25-19-26-18(29)17(23)27-28(19)7-10-4-11(20)16(22)12(21)5-10/h3-6H,7H2,1-2H3,(H,26,28,29);3-6H,7H2,1-2H3,(H,25,26,29). The van der Waals surface area contributed by atoms with Gasteiger partial charge in [0.1, 0.15) is 0 Å². The van der Waals surface area contributed by atoms with E-state index in [9.17, 15) is 39.9 Å². The van der Waals surface area contributed by atoms with Crippen LogP contribution in [0.25, 0.3) is 20.4 Å². The van der Waals surface area contributed by atoms with Gasteiger partial charge in [-0.15, -0.1) is 32.9 Å². The topological polar surface area (TPSA) is 164 Å². The highest BCUT2D eigenvalue weighted by Crippen LogP contribution is 2.31. The fraction of sp³-hybridized carbons (Fsp3) is 0.154. The summed E-state index contributed by atoms with van der Waals surface area (Å²) in [6, 6.07) is 10.3. The number of rotatable bonds is 8. The van der Waals surface area contributed by atoms with Gasteiger partial charge in [-0.3, -0.25) is 10.1 Å². The minimum absolute atomic E-state index is 0.0252. The lowest BCUT2D eigenvalue weighted by Gasteiger charge is -2.14. The van der Waals surface area contributed by atoms with Gasteiger partial charge in [-0.05, 0) is 98.5 Å². The number of nitrogens with zero attached hydrogens (tertiary/aromatic N) is 10. The third-order valence-electron chi connectivity index (χ3n) is 8.73. The molecule has 0 aliphatic heterocycles. The van der Waals surface area contributed by atoms with Crippen LogP contribution in [-0.4, -0.2) is 39.5 Å². The van der Waals surface area contributed by atoms with Gasteiger partial charge in [-0.2, -0.15) is 24.0 Å². The Hall–Kier alpha value is -7.19. The van der Waals surface area contributed by atoms with Gasteiger partial charge in [0.2, 0.25) is 17.4 Å². The number of hydrogen-bond acceptors (Lipinski definition) is 13. The van der Waals surface area contributed by atoms with E-state index in [0.29, 0.717) is 11.4 Å². The molecule has 0 aliphatic carbocycles. The Kier molecular flexibility index (Phi) is 12.1. The average molecular weight is 895 g/mol. The summed E-state index contributed by atoms with van der Waals surface area (Å²) in [5.41, 5.74) is 2.78. The molecule has 4 heterocycles. The van der Waals surface area contributed by atoms with Crippen LogP contribution in [0, 0.1) is 85.9 Å². The van der Waals surface area contributed by atoms with Gasteiger partial charge in [-0.1, -0.05) is 0 Å².